The Balaban J connectivity index is 1.27. The third-order valence-corrected chi connectivity index (χ3v) is 5.94. The van der Waals surface area contributed by atoms with Crippen molar-refractivity contribution in [1.29, 1.82) is 0 Å². The molecule has 2 fully saturated rings. The van der Waals surface area contributed by atoms with Gasteiger partial charge in [-0.25, -0.2) is 13.9 Å². The molecule has 0 spiro atoms. The normalized spacial score (nSPS) is 18.2. The summed E-state index contributed by atoms with van der Waals surface area (Å²) in [6, 6.07) is 7.99. The number of piperidine rings is 1. The average Bonchev–Trinajstić information content (AvgIpc) is 3.25. The summed E-state index contributed by atoms with van der Waals surface area (Å²) in [5, 5.41) is 10.4. The van der Waals surface area contributed by atoms with Crippen molar-refractivity contribution >= 4 is 11.9 Å². The van der Waals surface area contributed by atoms with Crippen LogP contribution in [0.3, 0.4) is 0 Å². The van der Waals surface area contributed by atoms with E-state index >= 15 is 0 Å². The van der Waals surface area contributed by atoms with Gasteiger partial charge in [0.25, 0.3) is 5.91 Å². The summed E-state index contributed by atoms with van der Waals surface area (Å²) in [4.78, 5) is 26.8. The van der Waals surface area contributed by atoms with Crippen LogP contribution in [0.25, 0.3) is 5.69 Å². The van der Waals surface area contributed by atoms with E-state index in [2.05, 4.69) is 15.7 Å². The number of hydrogen-bond acceptors (Lipinski definition) is 3. The molecule has 2 heterocycles. The maximum atomic E-state index is 13.4. The van der Waals surface area contributed by atoms with Gasteiger partial charge < -0.3 is 15.5 Å². The molecule has 0 radical (unpaired) electrons. The molecule has 1 aromatic carbocycles. The molecule has 2 aromatic rings. The second-order valence-corrected chi connectivity index (χ2v) is 8.14. The van der Waals surface area contributed by atoms with Gasteiger partial charge in [-0.2, -0.15) is 5.10 Å². The summed E-state index contributed by atoms with van der Waals surface area (Å²) < 4.78 is 14.9. The molecule has 4 rings (SSSR count). The number of amides is 3. The zero-order valence-corrected chi connectivity index (χ0v) is 17.0. The minimum atomic E-state index is -0.349. The molecule has 0 bridgehead atoms. The number of urea groups is 1. The Morgan fingerprint density at radius 3 is 2.37 bits per heavy atom. The van der Waals surface area contributed by atoms with E-state index < -0.39 is 0 Å². The number of hydrogen-bond donors (Lipinski definition) is 2. The van der Waals surface area contributed by atoms with Crippen LogP contribution in [0.15, 0.2) is 36.5 Å². The highest BCUT2D eigenvalue weighted by atomic mass is 19.1. The first-order valence-corrected chi connectivity index (χ1v) is 10.8. The predicted molar refractivity (Wildman–Crippen MR) is 111 cm³/mol. The van der Waals surface area contributed by atoms with Crippen LogP contribution in [0.1, 0.15) is 55.4 Å². The first-order valence-electron chi connectivity index (χ1n) is 10.8. The van der Waals surface area contributed by atoms with Gasteiger partial charge in [0.2, 0.25) is 0 Å². The number of likely N-dealkylation sites (tertiary alicyclic amines) is 1. The molecule has 0 atom stereocenters. The zero-order valence-electron chi connectivity index (χ0n) is 17.0. The number of aromatic nitrogens is 2. The van der Waals surface area contributed by atoms with Crippen molar-refractivity contribution in [2.75, 3.05) is 13.1 Å². The SMILES string of the molecule is O=C(NC1CCCCC1)NC1CCN(C(=O)c2ccn(-c3cccc(F)c3)n2)CC1. The van der Waals surface area contributed by atoms with Crippen molar-refractivity contribution in [3.05, 3.63) is 48.0 Å². The highest BCUT2D eigenvalue weighted by molar-refractivity contribution is 5.92. The third-order valence-electron chi connectivity index (χ3n) is 5.94. The number of carbonyl (C=O) groups is 2. The smallest absolute Gasteiger partial charge is 0.315 e. The third kappa shape index (κ3) is 4.98. The number of benzene rings is 1. The standard InChI is InChI=1S/C22H28FN5O2/c23-16-5-4-8-19(15-16)28-14-11-20(26-28)21(29)27-12-9-18(10-13-27)25-22(30)24-17-6-2-1-3-7-17/h4-5,8,11,14-15,17-18H,1-3,6-7,9-10,12-13H2,(H2,24,25,30). The zero-order chi connectivity index (χ0) is 20.9. The molecule has 7 nitrogen and oxygen atoms in total. The highest BCUT2D eigenvalue weighted by Gasteiger charge is 2.26. The minimum absolute atomic E-state index is 0.0718. The lowest BCUT2D eigenvalue weighted by molar-refractivity contribution is 0.0701. The molecule has 1 aromatic heterocycles. The van der Waals surface area contributed by atoms with Gasteiger partial charge in [0.05, 0.1) is 5.69 Å². The number of halogens is 1. The number of carbonyl (C=O) groups excluding carboxylic acids is 2. The predicted octanol–water partition coefficient (Wildman–Crippen LogP) is 3.25. The van der Waals surface area contributed by atoms with E-state index in [4.69, 9.17) is 0 Å². The number of rotatable bonds is 4. The van der Waals surface area contributed by atoms with Gasteiger partial charge in [-0.1, -0.05) is 25.3 Å². The fourth-order valence-corrected chi connectivity index (χ4v) is 4.25. The van der Waals surface area contributed by atoms with Crippen molar-refractivity contribution in [3.63, 3.8) is 0 Å². The van der Waals surface area contributed by atoms with Crippen molar-refractivity contribution in [2.24, 2.45) is 0 Å². The van der Waals surface area contributed by atoms with Crippen LogP contribution in [0.5, 0.6) is 0 Å². The summed E-state index contributed by atoms with van der Waals surface area (Å²) in [5.41, 5.74) is 0.904. The second-order valence-electron chi connectivity index (χ2n) is 8.14. The molecule has 2 aliphatic rings. The van der Waals surface area contributed by atoms with Gasteiger partial charge in [-0.15, -0.1) is 0 Å². The molecule has 8 heteroatoms. The molecular formula is C22H28FN5O2. The summed E-state index contributed by atoms with van der Waals surface area (Å²) in [6.07, 6.45) is 8.83. The lowest BCUT2D eigenvalue weighted by Gasteiger charge is -2.32. The van der Waals surface area contributed by atoms with E-state index in [9.17, 15) is 14.0 Å². The average molecular weight is 413 g/mol. The Morgan fingerprint density at radius 1 is 0.967 bits per heavy atom. The molecule has 30 heavy (non-hydrogen) atoms. The van der Waals surface area contributed by atoms with Crippen molar-refractivity contribution in [2.45, 2.75) is 57.0 Å². The Kier molecular flexibility index (Phi) is 6.30. The van der Waals surface area contributed by atoms with E-state index in [0.717, 1.165) is 12.8 Å². The van der Waals surface area contributed by atoms with Crippen LogP contribution in [0, 0.1) is 5.82 Å². The molecule has 1 aliphatic carbocycles. The van der Waals surface area contributed by atoms with Crippen LogP contribution in [-0.4, -0.2) is 51.8 Å². The van der Waals surface area contributed by atoms with E-state index in [1.165, 1.54) is 36.1 Å². The lowest BCUT2D eigenvalue weighted by Crippen LogP contribution is -2.51. The molecular weight excluding hydrogens is 385 g/mol. The van der Waals surface area contributed by atoms with Gasteiger partial charge >= 0.3 is 6.03 Å². The largest absolute Gasteiger partial charge is 0.337 e. The summed E-state index contributed by atoms with van der Waals surface area (Å²) >= 11 is 0. The van der Waals surface area contributed by atoms with Crippen LogP contribution >= 0.6 is 0 Å². The summed E-state index contributed by atoms with van der Waals surface area (Å²) in [5.74, 6) is -0.492. The van der Waals surface area contributed by atoms with Gasteiger partial charge in [0.15, 0.2) is 5.69 Å². The highest BCUT2D eigenvalue weighted by Crippen LogP contribution is 2.18. The summed E-state index contributed by atoms with van der Waals surface area (Å²) in [7, 11) is 0. The number of nitrogens with zero attached hydrogens (tertiary/aromatic N) is 3. The van der Waals surface area contributed by atoms with Gasteiger partial charge in [0.1, 0.15) is 5.82 Å². The van der Waals surface area contributed by atoms with Crippen LogP contribution in [0.2, 0.25) is 0 Å². The Hall–Kier alpha value is -2.90. The molecule has 3 amide bonds. The Labute approximate surface area is 175 Å². The van der Waals surface area contributed by atoms with E-state index in [1.807, 2.05) is 0 Å². The monoisotopic (exact) mass is 413 g/mol. The molecule has 0 unspecified atom stereocenters. The maximum Gasteiger partial charge on any atom is 0.315 e. The molecule has 1 saturated carbocycles. The molecule has 1 saturated heterocycles. The topological polar surface area (TPSA) is 79.3 Å². The first-order chi connectivity index (χ1) is 14.6. The van der Waals surface area contributed by atoms with E-state index in [-0.39, 0.29) is 29.8 Å². The van der Waals surface area contributed by atoms with Crippen LogP contribution < -0.4 is 10.6 Å². The molecule has 2 N–H and O–H groups in total. The van der Waals surface area contributed by atoms with Crippen molar-refractivity contribution in [3.8, 4) is 5.69 Å². The van der Waals surface area contributed by atoms with Crippen LogP contribution in [0.4, 0.5) is 9.18 Å². The van der Waals surface area contributed by atoms with Gasteiger partial charge in [0, 0.05) is 31.4 Å². The van der Waals surface area contributed by atoms with Crippen molar-refractivity contribution < 1.29 is 14.0 Å². The van der Waals surface area contributed by atoms with Crippen LogP contribution in [-0.2, 0) is 0 Å². The number of nitrogens with one attached hydrogen (secondary N) is 2. The Morgan fingerprint density at radius 2 is 1.67 bits per heavy atom. The Bertz CT molecular complexity index is 885. The fourth-order valence-electron chi connectivity index (χ4n) is 4.25. The second kappa shape index (κ2) is 9.28. The van der Waals surface area contributed by atoms with Crippen molar-refractivity contribution in [1.82, 2.24) is 25.3 Å². The molecule has 160 valence electrons. The van der Waals surface area contributed by atoms with E-state index in [0.29, 0.717) is 37.3 Å². The summed E-state index contributed by atoms with van der Waals surface area (Å²) in [6.45, 7) is 1.14. The minimum Gasteiger partial charge on any atom is -0.337 e. The van der Waals surface area contributed by atoms with Gasteiger partial charge in [-0.05, 0) is 49.9 Å². The molecule has 1 aliphatic heterocycles. The van der Waals surface area contributed by atoms with E-state index in [1.54, 1.807) is 29.3 Å². The van der Waals surface area contributed by atoms with Gasteiger partial charge in [-0.3, -0.25) is 4.79 Å². The first kappa shape index (κ1) is 20.4. The lowest BCUT2D eigenvalue weighted by atomic mass is 9.96. The quantitative estimate of drug-likeness (QED) is 0.808. The maximum absolute atomic E-state index is 13.4. The fraction of sp³-hybridized carbons (Fsp3) is 0.500.